The predicted molar refractivity (Wildman–Crippen MR) is 21.9 cm³/mol. The van der Waals surface area contributed by atoms with Crippen molar-refractivity contribution in [1.82, 2.24) is 0 Å². The number of rotatable bonds is 0. The molecule has 0 fully saturated rings. The first-order valence-electron chi connectivity index (χ1n) is 0.894. The Kier molecular flexibility index (Phi) is 13.0. The zero-order chi connectivity index (χ0) is 4.50. The zero-order valence-electron chi connectivity index (χ0n) is 2.99. The van der Waals surface area contributed by atoms with Crippen LogP contribution in [0.5, 0.6) is 0 Å². The Morgan fingerprint density at radius 3 is 0.857 bits per heavy atom. The summed E-state index contributed by atoms with van der Waals surface area (Å²) in [5.41, 5.74) is 0. The molecule has 0 saturated heterocycles. The summed E-state index contributed by atoms with van der Waals surface area (Å²) in [5.74, 6) is 0. The molecular weight excluding hydrogens is 295 g/mol. The Bertz CT molecular complexity index is 27.2. The van der Waals surface area contributed by atoms with Gasteiger partial charge in [-0.05, 0) is 0 Å². The van der Waals surface area contributed by atoms with Crippen molar-refractivity contribution < 1.29 is 56.5 Å². The molecule has 0 aromatic rings. The van der Waals surface area contributed by atoms with Crippen molar-refractivity contribution in [1.29, 1.82) is 0 Å². The van der Waals surface area contributed by atoms with E-state index in [9.17, 15) is 0 Å². The molecule has 4 N–H and O–H groups in total. The molecule has 0 rings (SSSR count). The van der Waals surface area contributed by atoms with Crippen molar-refractivity contribution in [3.63, 3.8) is 0 Å². The molecule has 0 unspecified atom stereocenters. The molecule has 0 bridgehead atoms. The van der Waals surface area contributed by atoms with Gasteiger partial charge in [0.05, 0.1) is 0 Å². The molecule has 0 aromatic carbocycles. The van der Waals surface area contributed by atoms with Gasteiger partial charge in [0, 0.05) is 37.3 Å². The average molecular weight is 300 g/mol. The fourth-order valence-corrected chi connectivity index (χ4v) is 0. The number of halogens is 1. The van der Waals surface area contributed by atoms with Gasteiger partial charge in [-0.15, -0.1) is 12.4 Å². The summed E-state index contributed by atoms with van der Waals surface area (Å²) in [6.45, 7) is 0. The van der Waals surface area contributed by atoms with Crippen molar-refractivity contribution in [2.75, 3.05) is 0 Å². The summed E-state index contributed by atoms with van der Waals surface area (Å²) in [7, 11) is -4.61. The normalized spacial score (nSPS) is 8.57. The second-order valence-electron chi connectivity index (χ2n) is 0.600. The molecule has 0 radical (unpaired) electrons. The van der Waals surface area contributed by atoms with Crippen LogP contribution in [0.3, 0.4) is 0 Å². The molecule has 0 amide bonds. The van der Waals surface area contributed by atoms with E-state index in [-0.39, 0.29) is 49.7 Å². The third-order valence-corrected chi connectivity index (χ3v) is 0. The van der Waals surface area contributed by atoms with Gasteiger partial charge in [-0.1, -0.05) is 0 Å². The van der Waals surface area contributed by atoms with Crippen LogP contribution in [0.1, 0.15) is 0 Å². The van der Waals surface area contributed by atoms with Crippen LogP contribution in [0, 0.1) is 37.3 Å². The molecule has 0 aliphatic carbocycles. The standard InChI is InChI=1S/ClH.Er.H4O4Si/c;;1-5(2,3)4/h1H;;1-4H. The SMILES string of the molecule is Cl.O[Si](O)(O)O.[Er]. The van der Waals surface area contributed by atoms with E-state index in [0.717, 1.165) is 0 Å². The van der Waals surface area contributed by atoms with Gasteiger partial charge >= 0.3 is 9.05 Å². The third kappa shape index (κ3) is 93.6. The van der Waals surface area contributed by atoms with Crippen LogP contribution in [0.4, 0.5) is 0 Å². The van der Waals surface area contributed by atoms with Crippen molar-refractivity contribution in [3.8, 4) is 0 Å². The first kappa shape index (κ1) is 15.8. The zero-order valence-corrected chi connectivity index (χ0v) is 6.65. The van der Waals surface area contributed by atoms with E-state index in [1.54, 1.807) is 0 Å². The Hall–Kier alpha value is 1.59. The summed E-state index contributed by atoms with van der Waals surface area (Å²) < 4.78 is 0. The monoisotopic (exact) mass is 298 g/mol. The van der Waals surface area contributed by atoms with Crippen LogP contribution in [0.25, 0.3) is 0 Å². The minimum absolute atomic E-state index is 0. The molecule has 0 saturated carbocycles. The second-order valence-corrected chi connectivity index (χ2v) is 1.80. The van der Waals surface area contributed by atoms with Gasteiger partial charge in [-0.25, -0.2) is 0 Å². The van der Waals surface area contributed by atoms with Gasteiger partial charge in [-0.2, -0.15) is 0 Å². The van der Waals surface area contributed by atoms with Gasteiger partial charge in [-0.3, -0.25) is 0 Å². The summed E-state index contributed by atoms with van der Waals surface area (Å²) in [4.78, 5) is 29.3. The molecule has 7 heavy (non-hydrogen) atoms. The Labute approximate surface area is 77.3 Å². The molecule has 0 aliphatic rings. The van der Waals surface area contributed by atoms with Gasteiger partial charge in [0.1, 0.15) is 0 Å². The summed E-state index contributed by atoms with van der Waals surface area (Å²) in [6, 6.07) is 0. The van der Waals surface area contributed by atoms with E-state index >= 15 is 0 Å². The second kappa shape index (κ2) is 5.73. The largest absolute Gasteiger partial charge is 0.668 e. The fourth-order valence-electron chi connectivity index (χ4n) is 0. The van der Waals surface area contributed by atoms with Crippen molar-refractivity contribution >= 4 is 21.5 Å². The van der Waals surface area contributed by atoms with Crippen molar-refractivity contribution in [3.05, 3.63) is 0 Å². The molecule has 7 heteroatoms. The molecular formula is H5ClErO4Si. The minimum atomic E-state index is -4.61. The Morgan fingerprint density at radius 2 is 0.857 bits per heavy atom. The van der Waals surface area contributed by atoms with E-state index in [4.69, 9.17) is 19.2 Å². The molecule has 0 atom stereocenters. The first-order valence-corrected chi connectivity index (χ1v) is 2.68. The number of hydrogen-bond donors (Lipinski definition) is 4. The van der Waals surface area contributed by atoms with Gasteiger partial charge < -0.3 is 19.2 Å². The maximum Gasteiger partial charge on any atom is 0.668 e. The van der Waals surface area contributed by atoms with Crippen LogP contribution in [0.15, 0.2) is 0 Å². The maximum absolute atomic E-state index is 7.33. The minimum Gasteiger partial charge on any atom is -0.368 e. The molecule has 52 valence electrons. The topological polar surface area (TPSA) is 80.9 Å². The predicted octanol–water partition coefficient (Wildman–Crippen LogP) is -2.19. The van der Waals surface area contributed by atoms with E-state index in [1.807, 2.05) is 0 Å². The van der Waals surface area contributed by atoms with Crippen LogP contribution in [0.2, 0.25) is 0 Å². The molecule has 0 aliphatic heterocycles. The van der Waals surface area contributed by atoms with Gasteiger partial charge in [0.2, 0.25) is 0 Å². The smallest absolute Gasteiger partial charge is 0.368 e. The molecule has 0 aromatic heterocycles. The van der Waals surface area contributed by atoms with Gasteiger partial charge in [0.15, 0.2) is 0 Å². The van der Waals surface area contributed by atoms with Crippen molar-refractivity contribution in [2.45, 2.75) is 0 Å². The maximum atomic E-state index is 7.33. The Balaban J connectivity index is -0.0000000800. The Morgan fingerprint density at radius 1 is 0.857 bits per heavy atom. The van der Waals surface area contributed by atoms with Crippen LogP contribution in [-0.4, -0.2) is 28.2 Å². The van der Waals surface area contributed by atoms with Crippen molar-refractivity contribution in [2.24, 2.45) is 0 Å². The fraction of sp³-hybridized carbons (Fsp3) is 0. The quantitative estimate of drug-likeness (QED) is 0.383. The molecule has 4 nitrogen and oxygen atoms in total. The summed E-state index contributed by atoms with van der Waals surface area (Å²) >= 11 is 0. The average Bonchev–Trinajstić information content (AvgIpc) is 0.722. The molecule has 0 spiro atoms. The van der Waals surface area contributed by atoms with Crippen LogP contribution >= 0.6 is 12.4 Å². The van der Waals surface area contributed by atoms with E-state index in [2.05, 4.69) is 0 Å². The first-order chi connectivity index (χ1) is 2.00. The van der Waals surface area contributed by atoms with Crippen LogP contribution in [-0.2, 0) is 0 Å². The van der Waals surface area contributed by atoms with Crippen LogP contribution < -0.4 is 0 Å². The number of hydrogen-bond acceptors (Lipinski definition) is 4. The summed E-state index contributed by atoms with van der Waals surface area (Å²) in [5, 5.41) is 0. The third-order valence-electron chi connectivity index (χ3n) is 0. The van der Waals surface area contributed by atoms with E-state index in [1.165, 1.54) is 0 Å². The van der Waals surface area contributed by atoms with E-state index in [0.29, 0.717) is 0 Å². The molecule has 0 heterocycles. The van der Waals surface area contributed by atoms with E-state index < -0.39 is 9.05 Å². The summed E-state index contributed by atoms with van der Waals surface area (Å²) in [6.07, 6.45) is 0. The van der Waals surface area contributed by atoms with Gasteiger partial charge in [0.25, 0.3) is 0 Å².